The van der Waals surface area contributed by atoms with Gasteiger partial charge in [0, 0.05) is 12.7 Å². The number of carbonyl (C=O) groups is 1. The maximum atomic E-state index is 13.3. The summed E-state index contributed by atoms with van der Waals surface area (Å²) in [6, 6.07) is 3.94. The van der Waals surface area contributed by atoms with Gasteiger partial charge in [0.2, 0.25) is 0 Å². The Kier molecular flexibility index (Phi) is 5.32. The number of benzene rings is 1. The van der Waals surface area contributed by atoms with E-state index in [-0.39, 0.29) is 24.6 Å². The molecule has 3 N–H and O–H groups in total. The van der Waals surface area contributed by atoms with Crippen molar-refractivity contribution in [2.45, 2.75) is 31.4 Å². The fraction of sp³-hybridized carbons (Fsp3) is 0.438. The molecule has 2 rings (SSSR count). The van der Waals surface area contributed by atoms with Crippen LogP contribution in [-0.2, 0) is 4.74 Å². The van der Waals surface area contributed by atoms with Crippen LogP contribution in [0.4, 0.5) is 4.39 Å². The van der Waals surface area contributed by atoms with Gasteiger partial charge in [-0.1, -0.05) is 11.8 Å². The van der Waals surface area contributed by atoms with Crippen molar-refractivity contribution in [3.63, 3.8) is 0 Å². The monoisotopic (exact) mass is 290 g/mol. The van der Waals surface area contributed by atoms with Gasteiger partial charge in [0.1, 0.15) is 5.82 Å². The molecule has 0 aromatic heterocycles. The van der Waals surface area contributed by atoms with E-state index in [4.69, 9.17) is 10.5 Å². The van der Waals surface area contributed by atoms with E-state index in [1.807, 2.05) is 0 Å². The Hall–Kier alpha value is -1.90. The maximum absolute atomic E-state index is 13.3. The van der Waals surface area contributed by atoms with Gasteiger partial charge in [0.05, 0.1) is 24.3 Å². The number of ether oxygens (including phenoxy) is 1. The third-order valence-corrected chi connectivity index (χ3v) is 3.62. The van der Waals surface area contributed by atoms with Crippen LogP contribution in [0, 0.1) is 17.7 Å². The zero-order chi connectivity index (χ0) is 15.2. The predicted molar refractivity (Wildman–Crippen MR) is 78.2 cm³/mol. The molecule has 1 fully saturated rings. The molecule has 21 heavy (non-hydrogen) atoms. The van der Waals surface area contributed by atoms with Crippen LogP contribution in [0.3, 0.4) is 0 Å². The molecule has 0 heterocycles. The molecule has 1 aliphatic carbocycles. The number of halogens is 1. The molecule has 0 spiro atoms. The smallest absolute Gasteiger partial charge is 0.252 e. The molecule has 0 saturated heterocycles. The van der Waals surface area contributed by atoms with Gasteiger partial charge in [-0.3, -0.25) is 4.79 Å². The molecule has 1 amide bonds. The lowest BCUT2D eigenvalue weighted by atomic mass is 10.1. The number of carbonyl (C=O) groups excluding carboxylic acids is 1. The highest BCUT2D eigenvalue weighted by Gasteiger charge is 2.29. The van der Waals surface area contributed by atoms with Gasteiger partial charge in [-0.05, 0) is 37.5 Å². The Labute approximate surface area is 123 Å². The second-order valence-corrected chi connectivity index (χ2v) is 4.98. The lowest BCUT2D eigenvalue weighted by Crippen LogP contribution is -2.41. The van der Waals surface area contributed by atoms with Crippen LogP contribution in [0.1, 0.15) is 35.2 Å². The molecule has 2 atom stereocenters. The molecule has 5 heteroatoms. The second-order valence-electron chi connectivity index (χ2n) is 4.98. The van der Waals surface area contributed by atoms with Gasteiger partial charge in [-0.25, -0.2) is 4.39 Å². The van der Waals surface area contributed by atoms with Gasteiger partial charge in [-0.2, -0.15) is 0 Å². The number of nitrogens with two attached hydrogens (primary N) is 1. The van der Waals surface area contributed by atoms with E-state index in [1.54, 1.807) is 7.11 Å². The van der Waals surface area contributed by atoms with E-state index in [0.717, 1.165) is 19.3 Å². The van der Waals surface area contributed by atoms with E-state index in [1.165, 1.54) is 18.2 Å². The van der Waals surface area contributed by atoms with Crippen molar-refractivity contribution >= 4 is 5.91 Å². The van der Waals surface area contributed by atoms with Gasteiger partial charge < -0.3 is 15.8 Å². The van der Waals surface area contributed by atoms with Gasteiger partial charge >= 0.3 is 0 Å². The first-order valence-corrected chi connectivity index (χ1v) is 6.98. The van der Waals surface area contributed by atoms with Crippen molar-refractivity contribution < 1.29 is 13.9 Å². The topological polar surface area (TPSA) is 64.3 Å². The van der Waals surface area contributed by atoms with E-state index in [2.05, 4.69) is 17.2 Å². The summed E-state index contributed by atoms with van der Waals surface area (Å²) in [6.45, 7) is 0.159. The van der Waals surface area contributed by atoms with Crippen LogP contribution in [0.2, 0.25) is 0 Å². The zero-order valence-corrected chi connectivity index (χ0v) is 12.0. The predicted octanol–water partition coefficient (Wildman–Crippen LogP) is 1.43. The summed E-state index contributed by atoms with van der Waals surface area (Å²) in [5.74, 6) is 4.70. The number of rotatable bonds is 3. The minimum atomic E-state index is -0.427. The fourth-order valence-corrected chi connectivity index (χ4v) is 2.58. The Balaban J connectivity index is 2.18. The van der Waals surface area contributed by atoms with Crippen molar-refractivity contribution in [3.05, 3.63) is 35.1 Å². The lowest BCUT2D eigenvalue weighted by molar-refractivity contribution is 0.0722. The number of amides is 1. The Morgan fingerprint density at radius 3 is 3.05 bits per heavy atom. The van der Waals surface area contributed by atoms with E-state index >= 15 is 0 Å². The van der Waals surface area contributed by atoms with Crippen LogP contribution in [-0.4, -0.2) is 31.7 Å². The van der Waals surface area contributed by atoms with Crippen molar-refractivity contribution in [2.75, 3.05) is 13.7 Å². The summed E-state index contributed by atoms with van der Waals surface area (Å²) in [7, 11) is 1.64. The quantitative estimate of drug-likeness (QED) is 0.828. The maximum Gasteiger partial charge on any atom is 0.252 e. The minimum absolute atomic E-state index is 0.0112. The van der Waals surface area contributed by atoms with Gasteiger partial charge in [0.25, 0.3) is 5.91 Å². The van der Waals surface area contributed by atoms with Crippen molar-refractivity contribution in [3.8, 4) is 11.8 Å². The standard InChI is InChI=1S/C16H19FN2O2/c1-21-15-6-2-5-14(15)19-16(20)13-8-7-12(17)10-11(13)4-3-9-18/h7-8,10,14-15H,2,5-6,9,18H2,1H3,(H,19,20). The van der Waals surface area contributed by atoms with Crippen LogP contribution in [0.15, 0.2) is 18.2 Å². The van der Waals surface area contributed by atoms with Crippen LogP contribution < -0.4 is 11.1 Å². The van der Waals surface area contributed by atoms with Crippen molar-refractivity contribution in [2.24, 2.45) is 5.73 Å². The Bertz CT molecular complexity index is 577. The van der Waals surface area contributed by atoms with Crippen molar-refractivity contribution in [1.29, 1.82) is 0 Å². The molecule has 1 aliphatic rings. The highest BCUT2D eigenvalue weighted by Crippen LogP contribution is 2.22. The number of hydrogen-bond acceptors (Lipinski definition) is 3. The Morgan fingerprint density at radius 2 is 2.33 bits per heavy atom. The molecule has 4 nitrogen and oxygen atoms in total. The molecule has 1 aromatic carbocycles. The van der Waals surface area contributed by atoms with Gasteiger partial charge in [-0.15, -0.1) is 0 Å². The molecule has 1 saturated carbocycles. The summed E-state index contributed by atoms with van der Waals surface area (Å²) in [5.41, 5.74) is 6.04. The average molecular weight is 290 g/mol. The summed E-state index contributed by atoms with van der Waals surface area (Å²) < 4.78 is 18.7. The third kappa shape index (κ3) is 3.81. The first-order valence-electron chi connectivity index (χ1n) is 6.98. The molecule has 0 bridgehead atoms. The first kappa shape index (κ1) is 15.5. The number of hydrogen-bond donors (Lipinski definition) is 2. The largest absolute Gasteiger partial charge is 0.379 e. The van der Waals surface area contributed by atoms with E-state index in [0.29, 0.717) is 11.1 Å². The average Bonchev–Trinajstić information content (AvgIpc) is 2.92. The molecule has 112 valence electrons. The Morgan fingerprint density at radius 1 is 1.52 bits per heavy atom. The van der Waals surface area contributed by atoms with Crippen LogP contribution >= 0.6 is 0 Å². The SMILES string of the molecule is COC1CCCC1NC(=O)c1ccc(F)cc1C#CCN. The van der Waals surface area contributed by atoms with E-state index in [9.17, 15) is 9.18 Å². The van der Waals surface area contributed by atoms with Crippen molar-refractivity contribution in [1.82, 2.24) is 5.32 Å². The van der Waals surface area contributed by atoms with Crippen LogP contribution in [0.5, 0.6) is 0 Å². The minimum Gasteiger partial charge on any atom is -0.379 e. The zero-order valence-electron chi connectivity index (χ0n) is 12.0. The summed E-state index contributed by atoms with van der Waals surface area (Å²) in [4.78, 5) is 12.4. The fourth-order valence-electron chi connectivity index (χ4n) is 2.58. The molecule has 0 aliphatic heterocycles. The molecule has 1 aromatic rings. The molecule has 0 radical (unpaired) electrons. The van der Waals surface area contributed by atoms with E-state index < -0.39 is 5.82 Å². The van der Waals surface area contributed by atoms with Gasteiger partial charge in [0.15, 0.2) is 0 Å². The number of methoxy groups -OCH3 is 1. The molecule has 2 unspecified atom stereocenters. The summed E-state index contributed by atoms with van der Waals surface area (Å²) in [5, 5.41) is 2.95. The first-order chi connectivity index (χ1) is 10.2. The molecular weight excluding hydrogens is 271 g/mol. The highest BCUT2D eigenvalue weighted by molar-refractivity contribution is 5.97. The lowest BCUT2D eigenvalue weighted by Gasteiger charge is -2.20. The highest BCUT2D eigenvalue weighted by atomic mass is 19.1. The summed E-state index contributed by atoms with van der Waals surface area (Å²) in [6.07, 6.45) is 2.88. The second kappa shape index (κ2) is 7.21. The molecular formula is C16H19FN2O2. The van der Waals surface area contributed by atoms with Crippen LogP contribution in [0.25, 0.3) is 0 Å². The third-order valence-electron chi connectivity index (χ3n) is 3.62. The normalized spacial score (nSPS) is 20.7. The number of nitrogens with one attached hydrogen (secondary N) is 1. The summed E-state index contributed by atoms with van der Waals surface area (Å²) >= 11 is 0.